The van der Waals surface area contributed by atoms with Crippen LogP contribution in [-0.4, -0.2) is 29.2 Å². The first kappa shape index (κ1) is 14.4. The molecule has 0 radical (unpaired) electrons. The Hall–Kier alpha value is -1.62. The molecular formula is C13H21N3O2. The zero-order chi connectivity index (χ0) is 13.4. The molecule has 5 heteroatoms. The minimum absolute atomic E-state index is 0.232. The Bertz CT molecular complexity index is 377. The van der Waals surface area contributed by atoms with Gasteiger partial charge >= 0.3 is 0 Å². The van der Waals surface area contributed by atoms with Gasteiger partial charge in [-0.2, -0.15) is 0 Å². The van der Waals surface area contributed by atoms with Crippen molar-refractivity contribution >= 4 is 5.84 Å². The lowest BCUT2D eigenvalue weighted by atomic mass is 9.88. The van der Waals surface area contributed by atoms with Crippen molar-refractivity contribution in [3.63, 3.8) is 0 Å². The summed E-state index contributed by atoms with van der Waals surface area (Å²) in [7, 11) is 0. The van der Waals surface area contributed by atoms with Gasteiger partial charge in [-0.25, -0.2) is 0 Å². The highest BCUT2D eigenvalue weighted by Crippen LogP contribution is 2.20. The van der Waals surface area contributed by atoms with Crippen LogP contribution < -0.4 is 5.73 Å². The Morgan fingerprint density at radius 1 is 1.44 bits per heavy atom. The van der Waals surface area contributed by atoms with E-state index in [1.54, 1.807) is 6.20 Å². The molecule has 1 rings (SSSR count). The number of aromatic nitrogens is 1. The van der Waals surface area contributed by atoms with Crippen LogP contribution in [0.4, 0.5) is 0 Å². The zero-order valence-corrected chi connectivity index (χ0v) is 11.0. The van der Waals surface area contributed by atoms with Gasteiger partial charge in [0.2, 0.25) is 0 Å². The lowest BCUT2D eigenvalue weighted by Gasteiger charge is -2.22. The number of nitrogens with two attached hydrogens (primary N) is 1. The van der Waals surface area contributed by atoms with Crippen molar-refractivity contribution in [2.24, 2.45) is 16.3 Å². The Morgan fingerprint density at radius 3 is 2.83 bits per heavy atom. The highest BCUT2D eigenvalue weighted by Gasteiger charge is 2.23. The van der Waals surface area contributed by atoms with Crippen LogP contribution in [0.5, 0.6) is 0 Å². The summed E-state index contributed by atoms with van der Waals surface area (Å²) < 4.78 is 5.54. The quantitative estimate of drug-likeness (QED) is 0.254. The Kier molecular flexibility index (Phi) is 5.58. The highest BCUT2D eigenvalue weighted by atomic mass is 16.5. The van der Waals surface area contributed by atoms with Crippen LogP contribution in [0.2, 0.25) is 0 Å². The summed E-state index contributed by atoms with van der Waals surface area (Å²) in [6, 6.07) is 5.83. The molecule has 1 aromatic heterocycles. The number of pyridine rings is 1. The maximum absolute atomic E-state index is 8.64. The average molecular weight is 251 g/mol. The molecule has 0 aliphatic carbocycles. The van der Waals surface area contributed by atoms with E-state index in [0.29, 0.717) is 19.6 Å². The maximum atomic E-state index is 8.64. The number of nitrogens with zero attached hydrogens (tertiary/aromatic N) is 2. The van der Waals surface area contributed by atoms with Gasteiger partial charge < -0.3 is 15.7 Å². The van der Waals surface area contributed by atoms with Crippen LogP contribution >= 0.6 is 0 Å². The van der Waals surface area contributed by atoms with E-state index in [1.807, 2.05) is 32.0 Å². The first-order valence-electron chi connectivity index (χ1n) is 6.02. The van der Waals surface area contributed by atoms with E-state index < -0.39 is 0 Å². The fourth-order valence-electron chi connectivity index (χ4n) is 1.42. The van der Waals surface area contributed by atoms with Crippen LogP contribution in [0, 0.1) is 5.41 Å². The third kappa shape index (κ3) is 4.71. The van der Waals surface area contributed by atoms with E-state index >= 15 is 0 Å². The maximum Gasteiger partial charge on any atom is 0.144 e. The fraction of sp³-hybridized carbons (Fsp3) is 0.538. The third-order valence-corrected chi connectivity index (χ3v) is 2.90. The lowest BCUT2D eigenvalue weighted by molar-refractivity contribution is 0.118. The minimum atomic E-state index is -0.347. The number of hydrogen-bond acceptors (Lipinski definition) is 4. The van der Waals surface area contributed by atoms with Crippen molar-refractivity contribution < 1.29 is 9.94 Å². The molecule has 0 saturated carbocycles. The number of oxime groups is 1. The second-order valence-corrected chi connectivity index (χ2v) is 4.80. The Balaban J connectivity index is 2.20. The van der Waals surface area contributed by atoms with Crippen LogP contribution in [0.15, 0.2) is 29.6 Å². The predicted octanol–water partition coefficient (Wildman–Crippen LogP) is 1.80. The van der Waals surface area contributed by atoms with E-state index in [4.69, 9.17) is 15.7 Å². The molecule has 0 bridgehead atoms. The molecule has 0 spiro atoms. The molecular weight excluding hydrogens is 230 g/mol. The summed E-state index contributed by atoms with van der Waals surface area (Å²) in [4.78, 5) is 4.21. The van der Waals surface area contributed by atoms with Gasteiger partial charge in [-0.3, -0.25) is 4.98 Å². The van der Waals surface area contributed by atoms with E-state index in [1.165, 1.54) is 0 Å². The molecule has 100 valence electrons. The summed E-state index contributed by atoms with van der Waals surface area (Å²) in [5.41, 5.74) is 6.26. The molecule has 0 aromatic carbocycles. The van der Waals surface area contributed by atoms with Gasteiger partial charge in [0.25, 0.3) is 0 Å². The molecule has 0 atom stereocenters. The molecule has 0 unspecified atom stereocenters. The number of amidine groups is 1. The van der Waals surface area contributed by atoms with Crippen molar-refractivity contribution in [3.8, 4) is 0 Å². The summed E-state index contributed by atoms with van der Waals surface area (Å²) in [5, 5.41) is 11.7. The molecule has 0 amide bonds. The van der Waals surface area contributed by atoms with Gasteiger partial charge in [0.05, 0.1) is 6.61 Å². The van der Waals surface area contributed by atoms with Gasteiger partial charge in [0.15, 0.2) is 0 Å². The fourth-order valence-corrected chi connectivity index (χ4v) is 1.42. The number of hydrogen-bond donors (Lipinski definition) is 2. The third-order valence-electron chi connectivity index (χ3n) is 2.90. The van der Waals surface area contributed by atoms with Gasteiger partial charge in [0, 0.05) is 30.3 Å². The van der Waals surface area contributed by atoms with Gasteiger partial charge in [0.1, 0.15) is 5.84 Å². The summed E-state index contributed by atoms with van der Waals surface area (Å²) in [6.07, 6.45) is 3.28. The smallest absolute Gasteiger partial charge is 0.144 e. The Labute approximate surface area is 108 Å². The number of ether oxygens (including phenoxy) is 1. The molecule has 5 nitrogen and oxygen atoms in total. The van der Waals surface area contributed by atoms with Gasteiger partial charge in [-0.15, -0.1) is 0 Å². The molecule has 18 heavy (non-hydrogen) atoms. The summed E-state index contributed by atoms with van der Waals surface area (Å²) in [5.74, 6) is 0.232. The monoisotopic (exact) mass is 251 g/mol. The van der Waals surface area contributed by atoms with Crippen molar-refractivity contribution in [2.45, 2.75) is 26.7 Å². The van der Waals surface area contributed by atoms with Crippen molar-refractivity contribution in [3.05, 3.63) is 30.1 Å². The van der Waals surface area contributed by atoms with Gasteiger partial charge in [-0.05, 0) is 18.6 Å². The van der Waals surface area contributed by atoms with Crippen LogP contribution in [0.3, 0.4) is 0 Å². The van der Waals surface area contributed by atoms with Gasteiger partial charge in [-0.1, -0.05) is 25.1 Å². The number of rotatable bonds is 7. The normalized spacial score (nSPS) is 12.7. The SMILES string of the molecule is CC(C)(CCOCCc1ccccn1)C(N)=NO. The highest BCUT2D eigenvalue weighted by molar-refractivity contribution is 5.85. The predicted molar refractivity (Wildman–Crippen MR) is 70.6 cm³/mol. The molecule has 0 fully saturated rings. The molecule has 3 N–H and O–H groups in total. The molecule has 1 heterocycles. The average Bonchev–Trinajstić information content (AvgIpc) is 2.38. The molecule has 1 aromatic rings. The van der Waals surface area contributed by atoms with Crippen molar-refractivity contribution in [1.82, 2.24) is 4.98 Å². The lowest BCUT2D eigenvalue weighted by Crippen LogP contribution is -2.33. The van der Waals surface area contributed by atoms with Crippen LogP contribution in [0.25, 0.3) is 0 Å². The van der Waals surface area contributed by atoms with E-state index in [0.717, 1.165) is 12.1 Å². The van der Waals surface area contributed by atoms with E-state index in [-0.39, 0.29) is 11.3 Å². The largest absolute Gasteiger partial charge is 0.409 e. The first-order chi connectivity index (χ1) is 8.56. The zero-order valence-electron chi connectivity index (χ0n) is 11.0. The van der Waals surface area contributed by atoms with Crippen molar-refractivity contribution in [1.29, 1.82) is 0 Å². The Morgan fingerprint density at radius 2 is 2.22 bits per heavy atom. The minimum Gasteiger partial charge on any atom is -0.409 e. The van der Waals surface area contributed by atoms with Crippen LogP contribution in [0.1, 0.15) is 26.0 Å². The van der Waals surface area contributed by atoms with Crippen LogP contribution in [-0.2, 0) is 11.2 Å². The summed E-state index contributed by atoms with van der Waals surface area (Å²) in [6.45, 7) is 5.05. The van der Waals surface area contributed by atoms with Crippen molar-refractivity contribution in [2.75, 3.05) is 13.2 Å². The summed E-state index contributed by atoms with van der Waals surface area (Å²) >= 11 is 0. The standard InChI is InChI=1S/C13H21N3O2/c1-13(2,12(14)16-17)7-10-18-9-6-11-5-3-4-8-15-11/h3-5,8,17H,6-7,9-10H2,1-2H3,(H2,14,16). The van der Waals surface area contributed by atoms with E-state index in [9.17, 15) is 0 Å². The molecule has 0 saturated heterocycles. The second kappa shape index (κ2) is 6.96. The topological polar surface area (TPSA) is 80.7 Å². The molecule has 0 aliphatic heterocycles. The second-order valence-electron chi connectivity index (χ2n) is 4.80. The first-order valence-corrected chi connectivity index (χ1v) is 6.02. The van der Waals surface area contributed by atoms with E-state index in [2.05, 4.69) is 10.1 Å². The molecule has 0 aliphatic rings.